The highest BCUT2D eigenvalue weighted by Crippen LogP contribution is 2.36. The van der Waals surface area contributed by atoms with E-state index in [0.29, 0.717) is 33.8 Å². The largest absolute Gasteiger partial charge is 0.497 e. The third-order valence-corrected chi connectivity index (χ3v) is 4.87. The Morgan fingerprint density at radius 2 is 2.00 bits per heavy atom. The molecule has 2 aromatic carbocycles. The van der Waals surface area contributed by atoms with E-state index in [1.54, 1.807) is 42.5 Å². The third kappa shape index (κ3) is 3.21. The highest BCUT2D eigenvalue weighted by molar-refractivity contribution is 6.09. The van der Waals surface area contributed by atoms with Crippen LogP contribution in [0.4, 0.5) is 0 Å². The zero-order chi connectivity index (χ0) is 21.3. The van der Waals surface area contributed by atoms with Gasteiger partial charge in [-0.1, -0.05) is 22.5 Å². The van der Waals surface area contributed by atoms with E-state index >= 15 is 0 Å². The van der Waals surface area contributed by atoms with E-state index in [9.17, 15) is 14.7 Å². The first-order valence-corrected chi connectivity index (χ1v) is 9.02. The molecule has 1 atom stereocenters. The molecule has 2 heterocycles. The van der Waals surface area contributed by atoms with E-state index in [1.807, 2.05) is 0 Å². The number of hydrogen-bond acceptors (Lipinski definition) is 8. The van der Waals surface area contributed by atoms with Crippen molar-refractivity contribution in [3.63, 3.8) is 0 Å². The summed E-state index contributed by atoms with van der Waals surface area (Å²) in [5.41, 5.74) is 0.150. The fourth-order valence-electron chi connectivity index (χ4n) is 3.40. The zero-order valence-electron chi connectivity index (χ0n) is 16.2. The molecule has 1 aromatic heterocycles. The fourth-order valence-corrected chi connectivity index (χ4v) is 3.40. The highest BCUT2D eigenvalue weighted by atomic mass is 16.7. The summed E-state index contributed by atoms with van der Waals surface area (Å²) in [4.78, 5) is 30.4. The first kappa shape index (κ1) is 19.4. The van der Waals surface area contributed by atoms with Gasteiger partial charge in [-0.2, -0.15) is 4.68 Å². The van der Waals surface area contributed by atoms with E-state index in [-0.39, 0.29) is 6.42 Å². The van der Waals surface area contributed by atoms with E-state index in [0.717, 1.165) is 4.68 Å². The molecule has 0 bridgehead atoms. The Kier molecular flexibility index (Phi) is 4.82. The van der Waals surface area contributed by atoms with Crippen LogP contribution < -0.4 is 9.47 Å². The molecular formula is C20H18N4O6. The van der Waals surface area contributed by atoms with Crippen LogP contribution in [0.1, 0.15) is 23.2 Å². The minimum atomic E-state index is -1.76. The van der Waals surface area contributed by atoms with Crippen LogP contribution >= 0.6 is 0 Å². The molecule has 0 radical (unpaired) electrons. The number of benzene rings is 2. The van der Waals surface area contributed by atoms with Crippen molar-refractivity contribution >= 4 is 28.6 Å². The van der Waals surface area contributed by atoms with Crippen LogP contribution in [0.3, 0.4) is 0 Å². The van der Waals surface area contributed by atoms with Crippen molar-refractivity contribution in [1.29, 1.82) is 0 Å². The van der Waals surface area contributed by atoms with Gasteiger partial charge in [-0.3, -0.25) is 9.59 Å². The van der Waals surface area contributed by atoms with Gasteiger partial charge in [-0.15, -0.1) is 5.10 Å². The summed E-state index contributed by atoms with van der Waals surface area (Å²) in [7, 11) is 3.02. The van der Waals surface area contributed by atoms with Gasteiger partial charge in [0.1, 0.15) is 17.0 Å². The number of aromatic nitrogens is 3. The van der Waals surface area contributed by atoms with Gasteiger partial charge in [-0.25, -0.2) is 0 Å². The number of oxime groups is 1. The number of ether oxygens (including phenoxy) is 2. The second-order valence-electron chi connectivity index (χ2n) is 6.73. The number of fused-ring (bicyclic) bond motifs is 1. The molecule has 0 spiro atoms. The average molecular weight is 410 g/mol. The SMILES string of the molecule is COc1ccc(C2=NOC(CC(=O)O)(C(=O)n3nnc4ccccc43)C2)c(OC)c1. The van der Waals surface area contributed by atoms with Crippen molar-refractivity contribution in [3.05, 3.63) is 48.0 Å². The maximum absolute atomic E-state index is 13.4. The van der Waals surface area contributed by atoms with Crippen LogP contribution in [-0.4, -0.2) is 57.5 Å². The van der Waals surface area contributed by atoms with Crippen molar-refractivity contribution in [3.8, 4) is 11.5 Å². The van der Waals surface area contributed by atoms with Gasteiger partial charge >= 0.3 is 5.97 Å². The minimum Gasteiger partial charge on any atom is -0.497 e. The lowest BCUT2D eigenvalue weighted by atomic mass is 9.89. The molecule has 0 aliphatic carbocycles. The number of nitrogens with zero attached hydrogens (tertiary/aromatic N) is 4. The molecule has 0 amide bonds. The lowest BCUT2D eigenvalue weighted by Gasteiger charge is -2.22. The number of hydrogen-bond donors (Lipinski definition) is 1. The Morgan fingerprint density at radius 3 is 2.73 bits per heavy atom. The summed E-state index contributed by atoms with van der Waals surface area (Å²) in [5.74, 6) is -0.825. The van der Waals surface area contributed by atoms with Crippen molar-refractivity contribution in [2.45, 2.75) is 18.4 Å². The predicted molar refractivity (Wildman–Crippen MR) is 105 cm³/mol. The summed E-state index contributed by atoms with van der Waals surface area (Å²) in [6, 6.07) is 12.0. The summed E-state index contributed by atoms with van der Waals surface area (Å²) in [6.45, 7) is 0. The smallest absolute Gasteiger partial charge is 0.308 e. The van der Waals surface area contributed by atoms with Crippen molar-refractivity contribution in [2.75, 3.05) is 14.2 Å². The molecule has 4 rings (SSSR count). The van der Waals surface area contributed by atoms with E-state index in [4.69, 9.17) is 14.3 Å². The summed E-state index contributed by atoms with van der Waals surface area (Å²) in [6.07, 6.45) is -0.666. The number of methoxy groups -OCH3 is 2. The number of carboxylic acid groups (broad SMARTS) is 1. The second kappa shape index (κ2) is 7.47. The molecule has 10 heteroatoms. The van der Waals surface area contributed by atoms with Crippen LogP contribution in [0.25, 0.3) is 11.0 Å². The second-order valence-corrected chi connectivity index (χ2v) is 6.73. The zero-order valence-corrected chi connectivity index (χ0v) is 16.2. The Hall–Kier alpha value is -3.95. The van der Waals surface area contributed by atoms with Crippen molar-refractivity contribution in [1.82, 2.24) is 15.0 Å². The van der Waals surface area contributed by atoms with Crippen LogP contribution in [-0.2, 0) is 9.63 Å². The average Bonchev–Trinajstić information content (AvgIpc) is 3.37. The molecule has 30 heavy (non-hydrogen) atoms. The van der Waals surface area contributed by atoms with Gasteiger partial charge in [0.05, 0.1) is 31.9 Å². The molecule has 1 N–H and O–H groups in total. The molecule has 0 fully saturated rings. The van der Waals surface area contributed by atoms with Gasteiger partial charge in [0.25, 0.3) is 5.91 Å². The van der Waals surface area contributed by atoms with Gasteiger partial charge in [0.2, 0.25) is 5.60 Å². The normalized spacial score (nSPS) is 18.0. The lowest BCUT2D eigenvalue weighted by Crippen LogP contribution is -2.45. The molecule has 0 saturated heterocycles. The van der Waals surface area contributed by atoms with Gasteiger partial charge in [-0.05, 0) is 24.3 Å². The molecular weight excluding hydrogens is 392 g/mol. The number of rotatable bonds is 6. The van der Waals surface area contributed by atoms with Crippen LogP contribution in [0.2, 0.25) is 0 Å². The quantitative estimate of drug-likeness (QED) is 0.655. The Bertz CT molecular complexity index is 1170. The summed E-state index contributed by atoms with van der Waals surface area (Å²) in [5, 5.41) is 21.4. The number of carbonyl (C=O) groups is 2. The summed E-state index contributed by atoms with van der Waals surface area (Å²) >= 11 is 0. The molecule has 1 aliphatic rings. The topological polar surface area (TPSA) is 125 Å². The van der Waals surface area contributed by atoms with E-state index < -0.39 is 23.9 Å². The predicted octanol–water partition coefficient (Wildman–Crippen LogP) is 2.13. The van der Waals surface area contributed by atoms with E-state index in [2.05, 4.69) is 15.5 Å². The number of aliphatic carboxylic acids is 1. The van der Waals surface area contributed by atoms with Gasteiger partial charge in [0.15, 0.2) is 0 Å². The molecule has 3 aromatic rings. The highest BCUT2D eigenvalue weighted by Gasteiger charge is 2.50. The summed E-state index contributed by atoms with van der Waals surface area (Å²) < 4.78 is 11.6. The van der Waals surface area contributed by atoms with Crippen molar-refractivity contribution in [2.24, 2.45) is 5.16 Å². The van der Waals surface area contributed by atoms with Gasteiger partial charge in [0, 0.05) is 18.1 Å². The maximum atomic E-state index is 13.4. The minimum absolute atomic E-state index is 0.0744. The number of para-hydroxylation sites is 1. The molecule has 1 unspecified atom stereocenters. The van der Waals surface area contributed by atoms with Crippen molar-refractivity contribution < 1.29 is 29.0 Å². The molecule has 0 saturated carbocycles. The Morgan fingerprint density at radius 1 is 1.20 bits per heavy atom. The van der Waals surface area contributed by atoms with Crippen LogP contribution in [0, 0.1) is 0 Å². The van der Waals surface area contributed by atoms with Crippen LogP contribution in [0.5, 0.6) is 11.5 Å². The first-order valence-electron chi connectivity index (χ1n) is 9.02. The maximum Gasteiger partial charge on any atom is 0.308 e. The van der Waals surface area contributed by atoms with E-state index in [1.165, 1.54) is 14.2 Å². The molecule has 1 aliphatic heterocycles. The lowest BCUT2D eigenvalue weighted by molar-refractivity contribution is -0.142. The van der Waals surface area contributed by atoms with Gasteiger partial charge < -0.3 is 19.4 Å². The molecule has 10 nitrogen and oxygen atoms in total. The number of carbonyl (C=O) groups excluding carboxylic acids is 1. The Labute approximate surface area is 170 Å². The standard InChI is InChI=1S/C20H18N4O6/c1-28-12-7-8-13(17(9-12)29-2)15-10-20(30-22-15,11-18(25)26)19(27)24-16-6-4-3-5-14(16)21-23-24/h3-9H,10-11H2,1-2H3,(H,25,26). The Balaban J connectivity index is 1.72. The monoisotopic (exact) mass is 410 g/mol. The first-order chi connectivity index (χ1) is 14.5. The van der Waals surface area contributed by atoms with Crippen LogP contribution in [0.15, 0.2) is 47.6 Å². The molecule has 154 valence electrons. The third-order valence-electron chi connectivity index (χ3n) is 4.87. The fraction of sp³-hybridized carbons (Fsp3) is 0.250. The number of carboxylic acids is 1.